The zero-order valence-electron chi connectivity index (χ0n) is 33.1. The predicted molar refractivity (Wildman–Crippen MR) is 201 cm³/mol. The fourth-order valence-electron chi connectivity index (χ4n) is 8.37. The third-order valence-corrected chi connectivity index (χ3v) is 12.2. The number of aromatic nitrogens is 1. The van der Waals surface area contributed by atoms with E-state index in [1.807, 2.05) is 84.0 Å². The van der Waals surface area contributed by atoms with Crippen molar-refractivity contribution in [3.63, 3.8) is 0 Å². The number of fused-ring (bicyclic) bond motifs is 1. The van der Waals surface area contributed by atoms with Crippen LogP contribution < -0.4 is 0 Å². The maximum atomic E-state index is 14.3. The van der Waals surface area contributed by atoms with Gasteiger partial charge in [0.25, 0.3) is 0 Å². The third-order valence-electron chi connectivity index (χ3n) is 12.2. The molecule has 2 aliphatic heterocycles. The number of esters is 1. The number of Topliss-reactive ketones (excluding diaryl/α,β-unsaturated/α-hetero) is 1. The lowest BCUT2D eigenvalue weighted by molar-refractivity contribution is -0.265. The monoisotopic (exact) mass is 725 g/mol. The molecule has 0 spiro atoms. The Morgan fingerprint density at radius 1 is 1.04 bits per heavy atom. The van der Waals surface area contributed by atoms with E-state index in [2.05, 4.69) is 11.9 Å². The molecule has 0 saturated carbocycles. The highest BCUT2D eigenvalue weighted by molar-refractivity contribution is 5.84. The largest absolute Gasteiger partial charge is 0.459 e. The second-order valence-corrected chi connectivity index (χ2v) is 16.0. The smallest absolute Gasteiger partial charge is 0.311 e. The van der Waals surface area contributed by atoms with Gasteiger partial charge in [0.15, 0.2) is 6.29 Å². The number of methoxy groups -OCH3 is 1. The van der Waals surface area contributed by atoms with Gasteiger partial charge in [-0.25, -0.2) is 0 Å². The summed E-state index contributed by atoms with van der Waals surface area (Å²) in [6, 6.07) is 9.92. The van der Waals surface area contributed by atoms with E-state index in [1.165, 1.54) is 0 Å². The van der Waals surface area contributed by atoms with Crippen molar-refractivity contribution in [2.75, 3.05) is 13.7 Å². The summed E-state index contributed by atoms with van der Waals surface area (Å²) in [4.78, 5) is 32.9. The second kappa shape index (κ2) is 17.6. The minimum Gasteiger partial charge on any atom is -0.459 e. The summed E-state index contributed by atoms with van der Waals surface area (Å²) < 4.78 is 31.5. The first-order valence-electron chi connectivity index (χ1n) is 19.1. The van der Waals surface area contributed by atoms with E-state index in [9.17, 15) is 19.8 Å². The normalized spacial score (nSPS) is 40.1. The first-order valence-corrected chi connectivity index (χ1v) is 19.1. The Hall–Kier alpha value is -2.73. The van der Waals surface area contributed by atoms with Crippen LogP contribution in [0.3, 0.4) is 0 Å². The molecular weight excluding hydrogens is 662 g/mol. The molecular formula is C42H63NO9. The van der Waals surface area contributed by atoms with Crippen molar-refractivity contribution in [3.05, 3.63) is 48.2 Å². The van der Waals surface area contributed by atoms with Gasteiger partial charge < -0.3 is 33.9 Å². The van der Waals surface area contributed by atoms with Gasteiger partial charge in [-0.1, -0.05) is 71.9 Å². The van der Waals surface area contributed by atoms with Gasteiger partial charge in [0.05, 0.1) is 48.1 Å². The Labute approximate surface area is 310 Å². The third kappa shape index (κ3) is 9.31. The van der Waals surface area contributed by atoms with E-state index < -0.39 is 71.7 Å². The lowest BCUT2D eigenvalue weighted by atomic mass is 9.70. The lowest BCUT2D eigenvalue weighted by Crippen LogP contribution is -2.58. The Bertz CT molecular complexity index is 1520. The maximum absolute atomic E-state index is 14.3. The van der Waals surface area contributed by atoms with Gasteiger partial charge in [-0.2, -0.15) is 0 Å². The number of carbonyl (C=O) groups is 2. The van der Waals surface area contributed by atoms with E-state index in [0.717, 1.165) is 16.5 Å². The number of benzene rings is 1. The van der Waals surface area contributed by atoms with Gasteiger partial charge in [-0.15, -0.1) is 0 Å². The number of aliphatic hydroxyl groups is 2. The summed E-state index contributed by atoms with van der Waals surface area (Å²) in [7, 11) is 1.65. The molecule has 10 nitrogen and oxygen atoms in total. The number of carbonyl (C=O) groups excluding carboxylic acids is 2. The molecule has 2 aromatic rings. The minimum absolute atomic E-state index is 0.0593. The van der Waals surface area contributed by atoms with Crippen LogP contribution in [0.1, 0.15) is 94.1 Å². The van der Waals surface area contributed by atoms with Crippen molar-refractivity contribution in [2.24, 2.45) is 35.5 Å². The highest BCUT2D eigenvalue weighted by Crippen LogP contribution is 2.41. The Morgan fingerprint density at radius 3 is 2.38 bits per heavy atom. The maximum Gasteiger partial charge on any atom is 0.311 e. The van der Waals surface area contributed by atoms with Crippen LogP contribution in [-0.2, 0) is 33.3 Å². The Morgan fingerprint density at radius 2 is 1.73 bits per heavy atom. The predicted octanol–water partition coefficient (Wildman–Crippen LogP) is 6.78. The number of hydrogen-bond donors (Lipinski definition) is 2. The average Bonchev–Trinajstić information content (AvgIpc) is 3.12. The van der Waals surface area contributed by atoms with Crippen molar-refractivity contribution in [1.82, 2.24) is 4.98 Å². The summed E-state index contributed by atoms with van der Waals surface area (Å²) in [6.45, 7) is 18.9. The van der Waals surface area contributed by atoms with E-state index in [-0.39, 0.29) is 36.6 Å². The SMILES string of the molecule is CC[C@H]1OC(=O)C(C)[C@@H](O[C@H]2C[C@H](C)[C@@H](O)[C@H](C)O2)[C@H](C)[C@@H](C)[C@](C)(OC)C[C@@H](C)C(=O)[C@H](C)[C@@H](OC/C=C/c2cnc3ccccc3c2)[C@]1(C)O. The summed E-state index contributed by atoms with van der Waals surface area (Å²) in [5, 5.41) is 23.8. The van der Waals surface area contributed by atoms with Crippen molar-refractivity contribution in [1.29, 1.82) is 0 Å². The molecule has 0 bridgehead atoms. The van der Waals surface area contributed by atoms with Gasteiger partial charge >= 0.3 is 5.97 Å². The number of rotatable bonds is 8. The first-order chi connectivity index (χ1) is 24.4. The quantitative estimate of drug-likeness (QED) is 0.281. The molecule has 3 heterocycles. The number of cyclic esters (lactones) is 1. The van der Waals surface area contributed by atoms with E-state index in [1.54, 1.807) is 34.1 Å². The fourth-order valence-corrected chi connectivity index (χ4v) is 8.37. The topological polar surface area (TPSA) is 134 Å². The van der Waals surface area contributed by atoms with Crippen molar-refractivity contribution < 1.29 is 43.5 Å². The molecule has 0 aliphatic carbocycles. The van der Waals surface area contributed by atoms with Gasteiger partial charge in [0.2, 0.25) is 0 Å². The molecule has 52 heavy (non-hydrogen) atoms. The van der Waals surface area contributed by atoms with E-state index >= 15 is 0 Å². The van der Waals surface area contributed by atoms with Crippen LogP contribution in [-0.4, -0.2) is 88.7 Å². The van der Waals surface area contributed by atoms with Crippen LogP contribution in [0.5, 0.6) is 0 Å². The van der Waals surface area contributed by atoms with Crippen LogP contribution in [0.25, 0.3) is 17.0 Å². The van der Waals surface area contributed by atoms with Crippen LogP contribution in [0.2, 0.25) is 0 Å². The van der Waals surface area contributed by atoms with E-state index in [4.69, 9.17) is 23.7 Å². The number of pyridine rings is 1. The molecule has 0 amide bonds. The first kappa shape index (κ1) is 42.0. The van der Waals surface area contributed by atoms with Crippen LogP contribution in [0.15, 0.2) is 42.6 Å². The summed E-state index contributed by atoms with van der Waals surface area (Å²) in [6.07, 6.45) is 2.36. The van der Waals surface area contributed by atoms with E-state index in [0.29, 0.717) is 12.8 Å². The molecule has 2 saturated heterocycles. The molecule has 1 unspecified atom stereocenters. The zero-order valence-corrected chi connectivity index (χ0v) is 33.1. The molecule has 10 heteroatoms. The minimum atomic E-state index is -1.73. The average molecular weight is 726 g/mol. The number of hydrogen-bond acceptors (Lipinski definition) is 10. The molecule has 14 atom stereocenters. The number of para-hydroxylation sites is 1. The summed E-state index contributed by atoms with van der Waals surface area (Å²) in [5.74, 6) is -2.99. The number of ether oxygens (including phenoxy) is 5. The molecule has 2 N–H and O–H groups in total. The van der Waals surface area contributed by atoms with Gasteiger partial charge in [-0.3, -0.25) is 14.6 Å². The molecule has 2 aliphatic rings. The van der Waals surface area contributed by atoms with Crippen LogP contribution >= 0.6 is 0 Å². The second-order valence-electron chi connectivity index (χ2n) is 16.0. The zero-order chi connectivity index (χ0) is 38.5. The molecule has 0 radical (unpaired) electrons. The number of aliphatic hydroxyl groups excluding tert-OH is 1. The van der Waals surface area contributed by atoms with Crippen molar-refractivity contribution in [2.45, 2.75) is 137 Å². The molecule has 2 fully saturated rings. The van der Waals surface area contributed by atoms with Crippen LogP contribution in [0.4, 0.5) is 0 Å². The Balaban J connectivity index is 1.67. The number of nitrogens with zero attached hydrogens (tertiary/aromatic N) is 1. The highest BCUT2D eigenvalue weighted by atomic mass is 16.7. The molecule has 290 valence electrons. The summed E-state index contributed by atoms with van der Waals surface area (Å²) in [5.41, 5.74) is -0.700. The molecule has 1 aromatic heterocycles. The van der Waals surface area contributed by atoms with Gasteiger partial charge in [0, 0.05) is 36.9 Å². The lowest BCUT2D eigenvalue weighted by Gasteiger charge is -2.46. The van der Waals surface area contributed by atoms with Gasteiger partial charge in [-0.05, 0) is 76.0 Å². The fraction of sp³-hybridized carbons (Fsp3) is 0.690. The summed E-state index contributed by atoms with van der Waals surface area (Å²) >= 11 is 0. The standard InChI is InChI=1S/C42H63NO9/c1-12-34-42(10,47)39(49-19-15-16-31-21-32-17-13-14-18-33(32)43-23-31)27(5)36(44)25(3)22-41(9,48-11)29(7)26(4)38(28(6)40(46)51-34)52-35-20-24(2)37(45)30(8)50-35/h13-18,21,23-30,34-35,37-39,45,47H,12,19-20,22H2,1-11H3/b16-15+/t24-,25+,26+,27-,28?,29+,30-,34+,35-,37+,38-,39+,41+,42+/m0/s1. The highest BCUT2D eigenvalue weighted by Gasteiger charge is 2.50. The van der Waals surface area contributed by atoms with Gasteiger partial charge in [0.1, 0.15) is 17.5 Å². The molecule has 1 aromatic carbocycles. The Kier molecular flexibility index (Phi) is 14.2. The van der Waals surface area contributed by atoms with Crippen molar-refractivity contribution in [3.8, 4) is 0 Å². The number of ketones is 1. The van der Waals surface area contributed by atoms with Crippen LogP contribution in [0, 0.1) is 35.5 Å². The van der Waals surface area contributed by atoms with Crippen molar-refractivity contribution >= 4 is 28.7 Å². The molecule has 4 rings (SSSR count).